The maximum atomic E-state index is 13.4. The van der Waals surface area contributed by atoms with Crippen LogP contribution in [0.25, 0.3) is 0 Å². The molecule has 0 bridgehead atoms. The lowest BCUT2D eigenvalue weighted by molar-refractivity contribution is 0.294. The van der Waals surface area contributed by atoms with Crippen LogP contribution in [0.4, 0.5) is 4.39 Å². The van der Waals surface area contributed by atoms with Gasteiger partial charge in [0.05, 0.1) is 11.5 Å². The summed E-state index contributed by atoms with van der Waals surface area (Å²) in [6.07, 6.45) is 1.75. The summed E-state index contributed by atoms with van der Waals surface area (Å²) in [5, 5.41) is 0. The monoisotopic (exact) mass is 266 g/mol. The number of halogens is 2. The highest BCUT2D eigenvalue weighted by Gasteiger charge is 2.13. The normalized spacial score (nSPS) is 11.4. The molecule has 0 heterocycles. The van der Waals surface area contributed by atoms with Crippen molar-refractivity contribution in [2.24, 2.45) is 0 Å². The molecule has 1 aromatic rings. The number of hydrogen-bond acceptors (Lipinski definition) is 3. The average Bonchev–Trinajstić information content (AvgIpc) is 2.19. The molecule has 0 radical (unpaired) electrons. The lowest BCUT2D eigenvalue weighted by Crippen LogP contribution is -2.00. The summed E-state index contributed by atoms with van der Waals surface area (Å²) in [4.78, 5) is -0.269. The third-order valence-corrected chi connectivity index (χ3v) is 3.29. The lowest BCUT2D eigenvalue weighted by atomic mass is 10.3. The smallest absolute Gasteiger partial charge is 0.261 e. The predicted molar refractivity (Wildman–Crippen MR) is 59.8 cm³/mol. The highest BCUT2D eigenvalue weighted by Crippen LogP contribution is 2.23. The zero-order valence-electron chi connectivity index (χ0n) is 8.74. The highest BCUT2D eigenvalue weighted by molar-refractivity contribution is 8.13. The minimum Gasteiger partial charge on any atom is -0.491 e. The topological polar surface area (TPSA) is 43.4 Å². The first-order chi connectivity index (χ1) is 7.45. The molecule has 0 aromatic heterocycles. The van der Waals surface area contributed by atoms with Gasteiger partial charge in [0.1, 0.15) is 0 Å². The number of unbranched alkanes of at least 4 members (excludes halogenated alkanes) is 1. The van der Waals surface area contributed by atoms with Gasteiger partial charge in [-0.05, 0) is 24.6 Å². The fraction of sp³-hybridized carbons (Fsp3) is 0.400. The van der Waals surface area contributed by atoms with Crippen molar-refractivity contribution in [2.75, 3.05) is 6.61 Å². The molecule has 0 amide bonds. The van der Waals surface area contributed by atoms with Crippen molar-refractivity contribution < 1.29 is 17.5 Å². The molecule has 16 heavy (non-hydrogen) atoms. The molecule has 90 valence electrons. The zero-order chi connectivity index (χ0) is 12.2. The van der Waals surface area contributed by atoms with Gasteiger partial charge in [0, 0.05) is 10.7 Å². The van der Waals surface area contributed by atoms with Crippen LogP contribution in [0.15, 0.2) is 23.1 Å². The number of ether oxygens (including phenoxy) is 1. The molecule has 1 aromatic carbocycles. The Hall–Kier alpha value is -0.810. The Morgan fingerprint density at radius 2 is 2.12 bits per heavy atom. The van der Waals surface area contributed by atoms with Crippen LogP contribution >= 0.6 is 10.7 Å². The number of hydrogen-bond donors (Lipinski definition) is 0. The zero-order valence-corrected chi connectivity index (χ0v) is 10.3. The van der Waals surface area contributed by atoms with Gasteiger partial charge < -0.3 is 4.74 Å². The Morgan fingerprint density at radius 1 is 1.44 bits per heavy atom. The minimum absolute atomic E-state index is 0.0394. The summed E-state index contributed by atoms with van der Waals surface area (Å²) in [6, 6.07) is 3.33. The molecular weight excluding hydrogens is 255 g/mol. The second kappa shape index (κ2) is 5.50. The van der Waals surface area contributed by atoms with Gasteiger partial charge in [-0.2, -0.15) is 0 Å². The highest BCUT2D eigenvalue weighted by atomic mass is 35.7. The average molecular weight is 267 g/mol. The van der Waals surface area contributed by atoms with E-state index in [1.165, 1.54) is 12.1 Å². The van der Waals surface area contributed by atoms with Crippen LogP contribution < -0.4 is 4.74 Å². The Bertz CT molecular complexity index is 459. The van der Waals surface area contributed by atoms with Gasteiger partial charge in [-0.3, -0.25) is 0 Å². The van der Waals surface area contributed by atoms with E-state index in [1.807, 2.05) is 6.92 Å². The maximum absolute atomic E-state index is 13.4. The first kappa shape index (κ1) is 13.3. The van der Waals surface area contributed by atoms with Crippen LogP contribution in [0.5, 0.6) is 5.75 Å². The number of benzene rings is 1. The largest absolute Gasteiger partial charge is 0.491 e. The molecular formula is C10H12ClFO3S. The van der Waals surface area contributed by atoms with Crippen molar-refractivity contribution in [1.82, 2.24) is 0 Å². The number of rotatable bonds is 5. The van der Waals surface area contributed by atoms with Gasteiger partial charge in [-0.1, -0.05) is 13.3 Å². The summed E-state index contributed by atoms with van der Waals surface area (Å²) >= 11 is 0. The Labute approximate surface area is 98.6 Å². The molecule has 0 aliphatic carbocycles. The molecule has 0 spiro atoms. The van der Waals surface area contributed by atoms with Crippen molar-refractivity contribution >= 4 is 19.7 Å². The molecule has 0 aliphatic heterocycles. The molecule has 0 saturated heterocycles. The standard InChI is InChI=1S/C10H12ClFO3S/c1-2-3-6-15-10-5-4-8(7-9(10)12)16(11,13)14/h4-5,7H,2-3,6H2,1H3. The van der Waals surface area contributed by atoms with E-state index in [9.17, 15) is 12.8 Å². The summed E-state index contributed by atoms with van der Waals surface area (Å²) in [7, 11) is 1.18. The van der Waals surface area contributed by atoms with Crippen LogP contribution in [-0.2, 0) is 9.05 Å². The van der Waals surface area contributed by atoms with Crippen LogP contribution in [0, 0.1) is 5.82 Å². The maximum Gasteiger partial charge on any atom is 0.261 e. The lowest BCUT2D eigenvalue weighted by Gasteiger charge is -2.06. The van der Waals surface area contributed by atoms with E-state index in [1.54, 1.807) is 0 Å². The van der Waals surface area contributed by atoms with E-state index in [4.69, 9.17) is 15.4 Å². The molecule has 0 atom stereocenters. The predicted octanol–water partition coefficient (Wildman–Crippen LogP) is 2.93. The van der Waals surface area contributed by atoms with E-state index in [-0.39, 0.29) is 10.6 Å². The van der Waals surface area contributed by atoms with Crippen molar-refractivity contribution in [1.29, 1.82) is 0 Å². The molecule has 6 heteroatoms. The van der Waals surface area contributed by atoms with Crippen molar-refractivity contribution in [3.63, 3.8) is 0 Å². The van der Waals surface area contributed by atoms with Crippen molar-refractivity contribution in [3.05, 3.63) is 24.0 Å². The van der Waals surface area contributed by atoms with Crippen LogP contribution in [0.2, 0.25) is 0 Å². The quantitative estimate of drug-likeness (QED) is 0.608. The summed E-state index contributed by atoms with van der Waals surface area (Å²) in [5.74, 6) is -0.685. The first-order valence-corrected chi connectivity index (χ1v) is 7.13. The van der Waals surface area contributed by atoms with Crippen molar-refractivity contribution in [3.8, 4) is 5.75 Å². The molecule has 0 aliphatic rings. The second-order valence-electron chi connectivity index (χ2n) is 3.23. The summed E-state index contributed by atoms with van der Waals surface area (Å²) < 4.78 is 40.3. The fourth-order valence-electron chi connectivity index (χ4n) is 1.08. The molecule has 0 saturated carbocycles. The molecule has 1 rings (SSSR count). The Balaban J connectivity index is 2.84. The molecule has 0 fully saturated rings. The third-order valence-electron chi connectivity index (χ3n) is 1.94. The minimum atomic E-state index is -3.89. The fourth-order valence-corrected chi connectivity index (χ4v) is 1.84. The van der Waals surface area contributed by atoms with E-state index in [0.717, 1.165) is 18.9 Å². The Kier molecular flexibility index (Phi) is 4.56. The van der Waals surface area contributed by atoms with Gasteiger partial charge in [0.25, 0.3) is 9.05 Å². The van der Waals surface area contributed by atoms with Gasteiger partial charge in [0.15, 0.2) is 11.6 Å². The van der Waals surface area contributed by atoms with E-state index in [0.29, 0.717) is 6.61 Å². The van der Waals surface area contributed by atoms with Crippen LogP contribution in [-0.4, -0.2) is 15.0 Å². The third kappa shape index (κ3) is 3.64. The second-order valence-corrected chi connectivity index (χ2v) is 5.80. The first-order valence-electron chi connectivity index (χ1n) is 4.82. The SMILES string of the molecule is CCCCOc1ccc(S(=O)(=O)Cl)cc1F. The van der Waals surface area contributed by atoms with Gasteiger partial charge in [-0.15, -0.1) is 0 Å². The van der Waals surface area contributed by atoms with E-state index in [2.05, 4.69) is 0 Å². The summed E-state index contributed by atoms with van der Waals surface area (Å²) in [6.45, 7) is 2.39. The van der Waals surface area contributed by atoms with Crippen LogP contribution in [0.1, 0.15) is 19.8 Å². The van der Waals surface area contributed by atoms with Gasteiger partial charge in [0.2, 0.25) is 0 Å². The van der Waals surface area contributed by atoms with Crippen molar-refractivity contribution in [2.45, 2.75) is 24.7 Å². The Morgan fingerprint density at radius 3 is 2.62 bits per heavy atom. The molecule has 0 N–H and O–H groups in total. The summed E-state index contributed by atoms with van der Waals surface area (Å²) in [5.41, 5.74) is 0. The molecule has 3 nitrogen and oxygen atoms in total. The van der Waals surface area contributed by atoms with Gasteiger partial charge >= 0.3 is 0 Å². The van der Waals surface area contributed by atoms with Crippen LogP contribution in [0.3, 0.4) is 0 Å². The van der Waals surface area contributed by atoms with E-state index < -0.39 is 14.9 Å². The van der Waals surface area contributed by atoms with E-state index >= 15 is 0 Å². The molecule has 0 unspecified atom stereocenters. The van der Waals surface area contributed by atoms with Gasteiger partial charge in [-0.25, -0.2) is 12.8 Å².